The molecule has 1 amide bonds. The summed E-state index contributed by atoms with van der Waals surface area (Å²) in [5.74, 6) is 1.04. The van der Waals surface area contributed by atoms with Gasteiger partial charge in [0, 0.05) is 38.8 Å². The Morgan fingerprint density at radius 3 is 2.45 bits per heavy atom. The lowest BCUT2D eigenvalue weighted by molar-refractivity contribution is -0.129. The molecule has 0 aromatic heterocycles. The van der Waals surface area contributed by atoms with Gasteiger partial charge in [0.2, 0.25) is 5.91 Å². The smallest absolute Gasteiger partial charge is 0.219 e. The monoisotopic (exact) mass is 276 g/mol. The predicted octanol–water partition coefficient (Wildman–Crippen LogP) is 1.13. The summed E-state index contributed by atoms with van der Waals surface area (Å²) in [6.45, 7) is 6.45. The maximum Gasteiger partial charge on any atom is 0.219 e. The standard InChI is InChI=1S/C15H20N2O3/c1-12(18)16-6-8-17(9-7-16)13-2-4-14(5-3-13)19-10-15-11-20-15/h2-5,15H,6-11H2,1H3/t15-/m1/s1. The summed E-state index contributed by atoms with van der Waals surface area (Å²) in [5, 5.41) is 0. The van der Waals surface area contributed by atoms with Crippen LogP contribution in [-0.4, -0.2) is 56.3 Å². The number of hydrogen-bond donors (Lipinski definition) is 0. The minimum atomic E-state index is 0.163. The van der Waals surface area contributed by atoms with Gasteiger partial charge in [-0.3, -0.25) is 4.79 Å². The number of amides is 1. The van der Waals surface area contributed by atoms with Crippen molar-refractivity contribution in [2.75, 3.05) is 44.3 Å². The van der Waals surface area contributed by atoms with Crippen LogP contribution in [0.1, 0.15) is 6.92 Å². The van der Waals surface area contributed by atoms with E-state index in [1.54, 1.807) is 6.92 Å². The Morgan fingerprint density at radius 2 is 1.90 bits per heavy atom. The molecule has 5 nitrogen and oxygen atoms in total. The van der Waals surface area contributed by atoms with Crippen LogP contribution in [-0.2, 0) is 9.53 Å². The summed E-state index contributed by atoms with van der Waals surface area (Å²) in [6.07, 6.45) is 0.286. The molecule has 20 heavy (non-hydrogen) atoms. The quantitative estimate of drug-likeness (QED) is 0.774. The van der Waals surface area contributed by atoms with E-state index in [1.807, 2.05) is 17.0 Å². The van der Waals surface area contributed by atoms with E-state index >= 15 is 0 Å². The molecular weight excluding hydrogens is 256 g/mol. The fraction of sp³-hybridized carbons (Fsp3) is 0.533. The third-order valence-electron chi connectivity index (χ3n) is 3.77. The normalized spacial score (nSPS) is 21.8. The van der Waals surface area contributed by atoms with Crippen LogP contribution in [0.3, 0.4) is 0 Å². The molecule has 0 unspecified atom stereocenters. The van der Waals surface area contributed by atoms with E-state index in [2.05, 4.69) is 17.0 Å². The van der Waals surface area contributed by atoms with Gasteiger partial charge in [-0.2, -0.15) is 0 Å². The molecule has 0 aliphatic carbocycles. The van der Waals surface area contributed by atoms with Crippen molar-refractivity contribution in [3.05, 3.63) is 24.3 Å². The molecular formula is C15H20N2O3. The number of piperazine rings is 1. The van der Waals surface area contributed by atoms with E-state index in [0.717, 1.165) is 38.5 Å². The molecule has 1 aromatic carbocycles. The Kier molecular flexibility index (Phi) is 3.78. The third kappa shape index (κ3) is 3.22. The summed E-state index contributed by atoms with van der Waals surface area (Å²) in [4.78, 5) is 15.5. The number of rotatable bonds is 4. The largest absolute Gasteiger partial charge is 0.491 e. The van der Waals surface area contributed by atoms with Crippen molar-refractivity contribution in [3.63, 3.8) is 0 Å². The topological polar surface area (TPSA) is 45.3 Å². The second-order valence-corrected chi connectivity index (χ2v) is 5.25. The number of anilines is 1. The first kappa shape index (κ1) is 13.2. The molecule has 1 aromatic rings. The van der Waals surface area contributed by atoms with Gasteiger partial charge >= 0.3 is 0 Å². The van der Waals surface area contributed by atoms with Crippen LogP contribution >= 0.6 is 0 Å². The minimum Gasteiger partial charge on any atom is -0.491 e. The summed E-state index contributed by atoms with van der Waals surface area (Å²) in [7, 11) is 0. The van der Waals surface area contributed by atoms with Crippen molar-refractivity contribution in [1.29, 1.82) is 0 Å². The Morgan fingerprint density at radius 1 is 1.25 bits per heavy atom. The van der Waals surface area contributed by atoms with Crippen molar-refractivity contribution >= 4 is 11.6 Å². The lowest BCUT2D eigenvalue weighted by atomic mass is 10.2. The summed E-state index contributed by atoms with van der Waals surface area (Å²) in [5.41, 5.74) is 1.18. The summed E-state index contributed by atoms with van der Waals surface area (Å²) in [6, 6.07) is 8.14. The Bertz CT molecular complexity index is 463. The fourth-order valence-corrected chi connectivity index (χ4v) is 2.39. The van der Waals surface area contributed by atoms with Gasteiger partial charge in [-0.1, -0.05) is 0 Å². The molecule has 2 fully saturated rings. The van der Waals surface area contributed by atoms with Crippen LogP contribution in [0.2, 0.25) is 0 Å². The Balaban J connectivity index is 1.53. The molecule has 2 aliphatic heterocycles. The van der Waals surface area contributed by atoms with Crippen LogP contribution in [0.25, 0.3) is 0 Å². The van der Waals surface area contributed by atoms with Gasteiger partial charge < -0.3 is 19.3 Å². The maximum atomic E-state index is 11.3. The molecule has 0 saturated carbocycles. The van der Waals surface area contributed by atoms with Crippen molar-refractivity contribution in [2.45, 2.75) is 13.0 Å². The highest BCUT2D eigenvalue weighted by Crippen LogP contribution is 2.21. The number of ether oxygens (including phenoxy) is 2. The van der Waals surface area contributed by atoms with Gasteiger partial charge in [0.1, 0.15) is 18.5 Å². The first-order valence-corrected chi connectivity index (χ1v) is 7.07. The van der Waals surface area contributed by atoms with Crippen LogP contribution in [0, 0.1) is 0 Å². The van der Waals surface area contributed by atoms with E-state index in [-0.39, 0.29) is 12.0 Å². The molecule has 0 spiro atoms. The van der Waals surface area contributed by atoms with Crippen LogP contribution < -0.4 is 9.64 Å². The molecule has 5 heteroatoms. The van der Waals surface area contributed by atoms with Gasteiger partial charge in [0.05, 0.1) is 6.61 Å². The highest BCUT2D eigenvalue weighted by atomic mass is 16.6. The number of nitrogens with zero attached hydrogens (tertiary/aromatic N) is 2. The van der Waals surface area contributed by atoms with Gasteiger partial charge in [-0.25, -0.2) is 0 Å². The second kappa shape index (κ2) is 5.71. The number of carbonyl (C=O) groups is 1. The maximum absolute atomic E-state index is 11.3. The zero-order valence-corrected chi connectivity index (χ0v) is 11.7. The molecule has 0 radical (unpaired) electrons. The average molecular weight is 276 g/mol. The van der Waals surface area contributed by atoms with Crippen LogP contribution in [0.15, 0.2) is 24.3 Å². The Hall–Kier alpha value is -1.75. The van der Waals surface area contributed by atoms with Crippen molar-refractivity contribution in [2.24, 2.45) is 0 Å². The van der Waals surface area contributed by atoms with Crippen LogP contribution in [0.4, 0.5) is 5.69 Å². The molecule has 3 rings (SSSR count). The van der Waals surface area contributed by atoms with E-state index in [0.29, 0.717) is 6.61 Å². The Labute approximate surface area is 119 Å². The molecule has 2 aliphatic rings. The van der Waals surface area contributed by atoms with E-state index < -0.39 is 0 Å². The van der Waals surface area contributed by atoms with Crippen molar-refractivity contribution in [3.8, 4) is 5.75 Å². The highest BCUT2D eigenvalue weighted by molar-refractivity contribution is 5.73. The number of epoxide rings is 1. The number of benzene rings is 1. The van der Waals surface area contributed by atoms with E-state index in [9.17, 15) is 4.79 Å². The van der Waals surface area contributed by atoms with Crippen LogP contribution in [0.5, 0.6) is 5.75 Å². The minimum absolute atomic E-state index is 0.163. The number of hydrogen-bond acceptors (Lipinski definition) is 4. The zero-order chi connectivity index (χ0) is 13.9. The highest BCUT2D eigenvalue weighted by Gasteiger charge is 2.23. The molecule has 2 heterocycles. The lowest BCUT2D eigenvalue weighted by Crippen LogP contribution is -2.48. The molecule has 2 saturated heterocycles. The first-order valence-electron chi connectivity index (χ1n) is 7.07. The van der Waals surface area contributed by atoms with Gasteiger partial charge in [0.25, 0.3) is 0 Å². The van der Waals surface area contributed by atoms with Gasteiger partial charge in [-0.15, -0.1) is 0 Å². The average Bonchev–Trinajstić information content (AvgIpc) is 3.30. The zero-order valence-electron chi connectivity index (χ0n) is 11.7. The van der Waals surface area contributed by atoms with Crippen molar-refractivity contribution < 1.29 is 14.3 Å². The lowest BCUT2D eigenvalue weighted by Gasteiger charge is -2.35. The van der Waals surface area contributed by atoms with Gasteiger partial charge in [-0.05, 0) is 24.3 Å². The number of carbonyl (C=O) groups excluding carboxylic acids is 1. The predicted molar refractivity (Wildman–Crippen MR) is 76.1 cm³/mol. The first-order chi connectivity index (χ1) is 9.72. The molecule has 0 bridgehead atoms. The molecule has 1 atom stereocenters. The summed E-state index contributed by atoms with van der Waals surface area (Å²) >= 11 is 0. The van der Waals surface area contributed by atoms with E-state index in [4.69, 9.17) is 9.47 Å². The van der Waals surface area contributed by atoms with Crippen molar-refractivity contribution in [1.82, 2.24) is 4.90 Å². The van der Waals surface area contributed by atoms with E-state index in [1.165, 1.54) is 5.69 Å². The SMILES string of the molecule is CC(=O)N1CCN(c2ccc(OC[C@@H]3CO3)cc2)CC1. The van der Waals surface area contributed by atoms with Gasteiger partial charge in [0.15, 0.2) is 0 Å². The third-order valence-corrected chi connectivity index (χ3v) is 3.77. The second-order valence-electron chi connectivity index (χ2n) is 5.25. The molecule has 0 N–H and O–H groups in total. The molecule has 108 valence electrons. The summed E-state index contributed by atoms with van der Waals surface area (Å²) < 4.78 is 10.7. The fourth-order valence-electron chi connectivity index (χ4n) is 2.39.